The molecule has 136 valence electrons. The first-order valence-electron chi connectivity index (χ1n) is 6.86. The summed E-state index contributed by atoms with van der Waals surface area (Å²) in [5.74, 6) is -2.31. The zero-order chi connectivity index (χ0) is 18.8. The molecule has 0 amide bonds. The van der Waals surface area contributed by atoms with E-state index in [0.29, 0.717) is 5.56 Å². The predicted octanol–water partition coefficient (Wildman–Crippen LogP) is 5.03. The summed E-state index contributed by atoms with van der Waals surface area (Å²) < 4.78 is 81.5. The Balaban J connectivity index is 2.19. The number of alkyl halides is 6. The number of thiazole rings is 1. The molecule has 0 saturated carbocycles. The number of nitrogens with zero attached hydrogens (tertiary/aromatic N) is 1. The van der Waals surface area contributed by atoms with Gasteiger partial charge in [-0.15, -0.1) is 11.3 Å². The van der Waals surface area contributed by atoms with Crippen LogP contribution in [0.15, 0.2) is 30.3 Å². The molecule has 0 saturated heterocycles. The Morgan fingerprint density at radius 2 is 1.72 bits per heavy atom. The lowest BCUT2D eigenvalue weighted by Crippen LogP contribution is -2.15. The summed E-state index contributed by atoms with van der Waals surface area (Å²) in [6, 6.07) is 8.44. The Kier molecular flexibility index (Phi) is 5.40. The van der Waals surface area contributed by atoms with Crippen LogP contribution in [0.4, 0.5) is 26.3 Å². The molecule has 1 unspecified atom stereocenters. The van der Waals surface area contributed by atoms with Crippen molar-refractivity contribution in [3.8, 4) is 0 Å². The SMILES string of the molecule is CC(C(=O)OCc1ccccc1)c1nc(C(F)(F)F)c(C(F)(F)F)s1. The van der Waals surface area contributed by atoms with Crippen LogP contribution in [0.25, 0.3) is 0 Å². The molecule has 1 aromatic heterocycles. The fourth-order valence-corrected chi connectivity index (χ4v) is 2.85. The number of rotatable bonds is 4. The topological polar surface area (TPSA) is 39.2 Å². The Labute approximate surface area is 142 Å². The van der Waals surface area contributed by atoms with Gasteiger partial charge in [-0.25, -0.2) is 4.98 Å². The molecule has 25 heavy (non-hydrogen) atoms. The zero-order valence-corrected chi connectivity index (χ0v) is 13.4. The average molecular weight is 383 g/mol. The lowest BCUT2D eigenvalue weighted by atomic mass is 10.2. The lowest BCUT2D eigenvalue weighted by molar-refractivity contribution is -0.162. The number of hydrogen-bond donors (Lipinski definition) is 0. The van der Waals surface area contributed by atoms with Crippen molar-refractivity contribution in [2.75, 3.05) is 0 Å². The van der Waals surface area contributed by atoms with E-state index >= 15 is 0 Å². The molecule has 0 bridgehead atoms. The summed E-state index contributed by atoms with van der Waals surface area (Å²) in [6.07, 6.45) is -10.5. The van der Waals surface area contributed by atoms with Gasteiger partial charge in [-0.1, -0.05) is 30.3 Å². The van der Waals surface area contributed by atoms with Gasteiger partial charge in [0.25, 0.3) is 0 Å². The van der Waals surface area contributed by atoms with E-state index in [1.54, 1.807) is 30.3 Å². The van der Waals surface area contributed by atoms with Gasteiger partial charge in [0.05, 0.1) is 0 Å². The van der Waals surface area contributed by atoms with Crippen LogP contribution in [0.1, 0.15) is 34.0 Å². The molecule has 0 N–H and O–H groups in total. The Morgan fingerprint density at radius 1 is 1.12 bits per heavy atom. The van der Waals surface area contributed by atoms with Crippen molar-refractivity contribution in [1.29, 1.82) is 0 Å². The van der Waals surface area contributed by atoms with E-state index in [0.717, 1.165) is 6.92 Å². The van der Waals surface area contributed by atoms with Crippen LogP contribution < -0.4 is 0 Å². The van der Waals surface area contributed by atoms with Crippen molar-refractivity contribution in [3.63, 3.8) is 0 Å². The summed E-state index contributed by atoms with van der Waals surface area (Å²) >= 11 is -0.206. The van der Waals surface area contributed by atoms with Crippen LogP contribution in [0, 0.1) is 0 Å². The number of aromatic nitrogens is 1. The average Bonchev–Trinajstić information content (AvgIpc) is 2.98. The molecule has 2 aromatic rings. The third kappa shape index (κ3) is 4.71. The fraction of sp³-hybridized carbons (Fsp3) is 0.333. The molecule has 0 aliphatic heterocycles. The Bertz CT molecular complexity index is 707. The van der Waals surface area contributed by atoms with Crippen LogP contribution >= 0.6 is 11.3 Å². The van der Waals surface area contributed by atoms with Crippen LogP contribution in [0.5, 0.6) is 0 Å². The van der Waals surface area contributed by atoms with E-state index in [4.69, 9.17) is 4.74 Å². The van der Waals surface area contributed by atoms with E-state index in [9.17, 15) is 31.1 Å². The largest absolute Gasteiger partial charge is 0.460 e. The molecule has 0 aliphatic carbocycles. The Morgan fingerprint density at radius 3 is 2.20 bits per heavy atom. The van der Waals surface area contributed by atoms with Crippen molar-refractivity contribution in [3.05, 3.63) is 51.5 Å². The highest BCUT2D eigenvalue weighted by molar-refractivity contribution is 7.12. The number of hydrogen-bond acceptors (Lipinski definition) is 4. The van der Waals surface area contributed by atoms with E-state index in [-0.39, 0.29) is 17.9 Å². The molecule has 0 fully saturated rings. The number of carbonyl (C=O) groups excluding carboxylic acids is 1. The summed E-state index contributed by atoms with van der Waals surface area (Å²) in [4.78, 5) is 13.0. The third-order valence-corrected chi connectivity index (χ3v) is 4.40. The van der Waals surface area contributed by atoms with Crippen molar-refractivity contribution >= 4 is 17.3 Å². The second kappa shape index (κ2) is 7.03. The third-order valence-electron chi connectivity index (χ3n) is 3.12. The van der Waals surface area contributed by atoms with Gasteiger partial charge in [-0.2, -0.15) is 26.3 Å². The van der Waals surface area contributed by atoms with Gasteiger partial charge >= 0.3 is 18.3 Å². The minimum atomic E-state index is -5.27. The summed E-state index contributed by atoms with van der Waals surface area (Å²) in [6.45, 7) is 1.00. The molecule has 1 atom stereocenters. The number of halogens is 6. The number of esters is 1. The van der Waals surface area contributed by atoms with Gasteiger partial charge in [0.1, 0.15) is 22.4 Å². The summed E-state index contributed by atoms with van der Waals surface area (Å²) in [5.41, 5.74) is -1.41. The Hall–Kier alpha value is -2.10. The van der Waals surface area contributed by atoms with Crippen molar-refractivity contribution in [1.82, 2.24) is 4.98 Å². The molecular formula is C15H11F6NO2S. The van der Waals surface area contributed by atoms with E-state index in [2.05, 4.69) is 4.98 Å². The predicted molar refractivity (Wildman–Crippen MR) is 76.8 cm³/mol. The van der Waals surface area contributed by atoms with Gasteiger partial charge in [-0.05, 0) is 12.5 Å². The van der Waals surface area contributed by atoms with E-state index in [1.165, 1.54) is 0 Å². The monoisotopic (exact) mass is 383 g/mol. The van der Waals surface area contributed by atoms with Gasteiger partial charge in [0.15, 0.2) is 5.69 Å². The number of benzene rings is 1. The summed E-state index contributed by atoms with van der Waals surface area (Å²) in [5, 5.41) is -0.599. The fourth-order valence-electron chi connectivity index (χ4n) is 1.86. The highest BCUT2D eigenvalue weighted by atomic mass is 32.1. The molecule has 2 rings (SSSR count). The second-order valence-corrected chi connectivity index (χ2v) is 6.07. The minimum absolute atomic E-state index is 0.145. The summed E-state index contributed by atoms with van der Waals surface area (Å²) in [7, 11) is 0. The maximum Gasteiger partial charge on any atom is 0.434 e. The van der Waals surface area contributed by atoms with E-state index < -0.39 is 39.8 Å². The number of ether oxygens (including phenoxy) is 1. The van der Waals surface area contributed by atoms with Gasteiger partial charge in [0.2, 0.25) is 0 Å². The maximum atomic E-state index is 12.8. The van der Waals surface area contributed by atoms with Crippen molar-refractivity contribution in [2.24, 2.45) is 0 Å². The van der Waals surface area contributed by atoms with Crippen LogP contribution in [-0.4, -0.2) is 11.0 Å². The molecule has 0 radical (unpaired) electrons. The van der Waals surface area contributed by atoms with Crippen LogP contribution in [0.2, 0.25) is 0 Å². The molecule has 3 nitrogen and oxygen atoms in total. The second-order valence-electron chi connectivity index (χ2n) is 5.04. The zero-order valence-electron chi connectivity index (χ0n) is 12.6. The molecule has 0 spiro atoms. The number of carbonyl (C=O) groups is 1. The maximum absolute atomic E-state index is 12.8. The lowest BCUT2D eigenvalue weighted by Gasteiger charge is -2.09. The molecular weight excluding hydrogens is 372 g/mol. The smallest absolute Gasteiger partial charge is 0.434 e. The van der Waals surface area contributed by atoms with Crippen molar-refractivity contribution < 1.29 is 35.9 Å². The minimum Gasteiger partial charge on any atom is -0.460 e. The van der Waals surface area contributed by atoms with Crippen LogP contribution in [0.3, 0.4) is 0 Å². The highest BCUT2D eigenvalue weighted by Gasteiger charge is 2.47. The van der Waals surface area contributed by atoms with Crippen LogP contribution in [-0.2, 0) is 28.5 Å². The molecule has 1 heterocycles. The first kappa shape index (κ1) is 19.2. The standard InChI is InChI=1S/C15H11F6NO2S/c1-8(13(23)24-7-9-5-3-2-4-6-9)12-22-10(14(16,17)18)11(25-12)15(19,20)21/h2-6,8H,7H2,1H3. The van der Waals surface area contributed by atoms with E-state index in [1.807, 2.05) is 0 Å². The highest BCUT2D eigenvalue weighted by Crippen LogP contribution is 2.44. The quantitative estimate of drug-likeness (QED) is 0.549. The van der Waals surface area contributed by atoms with Gasteiger partial charge in [0, 0.05) is 0 Å². The van der Waals surface area contributed by atoms with Gasteiger partial charge < -0.3 is 4.74 Å². The molecule has 1 aromatic carbocycles. The first-order chi connectivity index (χ1) is 11.5. The van der Waals surface area contributed by atoms with Gasteiger partial charge in [-0.3, -0.25) is 4.79 Å². The van der Waals surface area contributed by atoms with Crippen molar-refractivity contribution in [2.45, 2.75) is 31.8 Å². The molecule has 10 heteroatoms. The molecule has 0 aliphatic rings. The normalized spacial score (nSPS) is 13.6. The first-order valence-corrected chi connectivity index (χ1v) is 7.67.